The van der Waals surface area contributed by atoms with Gasteiger partial charge in [-0.25, -0.2) is 4.68 Å². The van der Waals surface area contributed by atoms with E-state index in [4.69, 9.17) is 4.74 Å². The summed E-state index contributed by atoms with van der Waals surface area (Å²) >= 11 is 0. The second kappa shape index (κ2) is 10.1. The fourth-order valence-electron chi connectivity index (χ4n) is 4.90. The van der Waals surface area contributed by atoms with Crippen LogP contribution in [-0.2, 0) is 14.3 Å². The number of ketones is 1. The van der Waals surface area contributed by atoms with Crippen molar-refractivity contribution in [1.82, 2.24) is 19.6 Å². The van der Waals surface area contributed by atoms with Gasteiger partial charge in [-0.05, 0) is 31.5 Å². The van der Waals surface area contributed by atoms with Gasteiger partial charge in [-0.1, -0.05) is 48.0 Å². The lowest BCUT2D eigenvalue weighted by Gasteiger charge is -2.31. The van der Waals surface area contributed by atoms with Crippen molar-refractivity contribution in [2.75, 3.05) is 39.4 Å². The number of hydrogen-bond donors (Lipinski definition) is 1. The molecule has 8 heteroatoms. The molecule has 0 unspecified atom stereocenters. The molecule has 1 amide bonds. The van der Waals surface area contributed by atoms with E-state index in [0.29, 0.717) is 37.6 Å². The lowest BCUT2D eigenvalue weighted by molar-refractivity contribution is -0.140. The molecule has 0 radical (unpaired) electrons. The quantitative estimate of drug-likeness (QED) is 0.327. The summed E-state index contributed by atoms with van der Waals surface area (Å²) in [6.45, 7) is 7.72. The first-order valence-corrected chi connectivity index (χ1v) is 12.2. The average molecular weight is 487 g/mol. The van der Waals surface area contributed by atoms with Crippen LogP contribution >= 0.6 is 0 Å². The fourth-order valence-corrected chi connectivity index (χ4v) is 4.90. The van der Waals surface area contributed by atoms with Gasteiger partial charge in [-0.2, -0.15) is 5.10 Å². The molecule has 1 aromatic heterocycles. The van der Waals surface area contributed by atoms with E-state index in [-0.39, 0.29) is 11.3 Å². The van der Waals surface area contributed by atoms with Crippen molar-refractivity contribution in [3.8, 4) is 5.69 Å². The highest BCUT2D eigenvalue weighted by atomic mass is 16.5. The van der Waals surface area contributed by atoms with E-state index in [9.17, 15) is 14.7 Å². The van der Waals surface area contributed by atoms with Crippen molar-refractivity contribution in [2.24, 2.45) is 0 Å². The summed E-state index contributed by atoms with van der Waals surface area (Å²) in [5.74, 6) is -1.47. The van der Waals surface area contributed by atoms with E-state index in [1.54, 1.807) is 15.8 Å². The van der Waals surface area contributed by atoms with Crippen LogP contribution in [0, 0.1) is 13.8 Å². The number of aliphatic hydroxyl groups is 1. The number of para-hydroxylation sites is 1. The number of amides is 1. The van der Waals surface area contributed by atoms with E-state index in [0.717, 1.165) is 29.9 Å². The van der Waals surface area contributed by atoms with Crippen LogP contribution in [-0.4, -0.2) is 75.8 Å². The monoisotopic (exact) mass is 486 g/mol. The van der Waals surface area contributed by atoms with E-state index >= 15 is 0 Å². The standard InChI is InChI=1S/C28H30N4O4/c1-19-8-10-21(11-9-19)25-24(27(34)28(35)31(25)13-12-30-14-16-36-17-15-30)26(33)23-18-29-32(20(23)2)22-6-4-3-5-7-22/h3-11,18,25,33H,12-17H2,1-2H3/b26-24+/t25-/m0/s1. The second-order valence-electron chi connectivity index (χ2n) is 9.25. The number of aliphatic hydroxyl groups excluding tert-OH is 1. The number of ether oxygens (including phenoxy) is 1. The number of rotatable bonds is 6. The molecule has 8 nitrogen and oxygen atoms in total. The van der Waals surface area contributed by atoms with Crippen molar-refractivity contribution in [3.63, 3.8) is 0 Å². The minimum absolute atomic E-state index is 0.0987. The molecule has 0 aliphatic carbocycles. The molecule has 186 valence electrons. The molecule has 0 bridgehead atoms. The summed E-state index contributed by atoms with van der Waals surface area (Å²) < 4.78 is 7.14. The van der Waals surface area contributed by atoms with Crippen LogP contribution in [0.3, 0.4) is 0 Å². The number of morpholine rings is 1. The maximum absolute atomic E-state index is 13.4. The third-order valence-corrected chi connectivity index (χ3v) is 6.96. The number of carbonyl (C=O) groups excluding carboxylic acids is 2. The molecule has 1 N–H and O–H groups in total. The van der Waals surface area contributed by atoms with E-state index in [1.165, 1.54) is 0 Å². The molecule has 36 heavy (non-hydrogen) atoms. The molecular weight excluding hydrogens is 456 g/mol. The highest BCUT2D eigenvalue weighted by Crippen LogP contribution is 2.40. The number of likely N-dealkylation sites (tertiary alicyclic amines) is 1. The van der Waals surface area contributed by atoms with E-state index in [1.807, 2.05) is 68.4 Å². The molecule has 5 rings (SSSR count). The van der Waals surface area contributed by atoms with Gasteiger partial charge in [-0.15, -0.1) is 0 Å². The molecule has 2 aromatic carbocycles. The van der Waals surface area contributed by atoms with Crippen LogP contribution in [0.15, 0.2) is 66.4 Å². The van der Waals surface area contributed by atoms with Gasteiger partial charge in [-0.3, -0.25) is 14.5 Å². The van der Waals surface area contributed by atoms with Gasteiger partial charge in [0.05, 0.1) is 48.0 Å². The summed E-state index contributed by atoms with van der Waals surface area (Å²) in [4.78, 5) is 30.4. The van der Waals surface area contributed by atoms with Gasteiger partial charge < -0.3 is 14.7 Å². The number of carbonyl (C=O) groups is 2. The number of hydrogen-bond acceptors (Lipinski definition) is 6. The Labute approximate surface area is 210 Å². The van der Waals surface area contributed by atoms with Crippen molar-refractivity contribution in [2.45, 2.75) is 19.9 Å². The molecule has 2 aliphatic heterocycles. The zero-order chi connectivity index (χ0) is 25.2. The fraction of sp³-hybridized carbons (Fsp3) is 0.321. The third-order valence-electron chi connectivity index (χ3n) is 6.96. The smallest absolute Gasteiger partial charge is 0.295 e. The maximum Gasteiger partial charge on any atom is 0.295 e. The van der Waals surface area contributed by atoms with Crippen molar-refractivity contribution in [3.05, 3.63) is 88.8 Å². The number of nitrogens with zero attached hydrogens (tertiary/aromatic N) is 4. The van der Waals surface area contributed by atoms with Gasteiger partial charge in [0.2, 0.25) is 0 Å². The minimum Gasteiger partial charge on any atom is -0.507 e. The number of benzene rings is 2. The van der Waals surface area contributed by atoms with Gasteiger partial charge in [0.25, 0.3) is 11.7 Å². The van der Waals surface area contributed by atoms with Gasteiger partial charge in [0, 0.05) is 26.2 Å². The van der Waals surface area contributed by atoms with Gasteiger partial charge in [0.1, 0.15) is 5.76 Å². The van der Waals surface area contributed by atoms with Crippen LogP contribution < -0.4 is 0 Å². The number of aryl methyl sites for hydroxylation is 1. The van der Waals surface area contributed by atoms with Gasteiger partial charge >= 0.3 is 0 Å². The predicted molar refractivity (Wildman–Crippen MR) is 136 cm³/mol. The van der Waals surface area contributed by atoms with Crippen LogP contribution in [0.25, 0.3) is 11.4 Å². The van der Waals surface area contributed by atoms with Crippen LogP contribution in [0.4, 0.5) is 0 Å². The van der Waals surface area contributed by atoms with E-state index < -0.39 is 17.7 Å². The lowest BCUT2D eigenvalue weighted by Crippen LogP contribution is -2.42. The molecule has 0 spiro atoms. The van der Waals surface area contributed by atoms with Crippen molar-refractivity contribution < 1.29 is 19.4 Å². The van der Waals surface area contributed by atoms with Crippen molar-refractivity contribution in [1.29, 1.82) is 0 Å². The molecular formula is C28H30N4O4. The highest BCUT2D eigenvalue weighted by molar-refractivity contribution is 6.46. The Morgan fingerprint density at radius 1 is 1.00 bits per heavy atom. The molecule has 3 aromatic rings. The Kier molecular flexibility index (Phi) is 6.71. The van der Waals surface area contributed by atoms with Crippen molar-refractivity contribution >= 4 is 17.4 Å². The predicted octanol–water partition coefficient (Wildman–Crippen LogP) is 3.24. The zero-order valence-corrected chi connectivity index (χ0v) is 20.6. The molecule has 2 aliphatic rings. The Hall–Kier alpha value is -3.75. The van der Waals surface area contributed by atoms with Crippen LogP contribution in [0.1, 0.15) is 28.4 Å². The normalized spacial score (nSPS) is 20.3. The first-order valence-electron chi connectivity index (χ1n) is 12.2. The Balaban J connectivity index is 1.55. The molecule has 3 heterocycles. The van der Waals surface area contributed by atoms with E-state index in [2.05, 4.69) is 10.00 Å². The molecule has 2 fully saturated rings. The van der Waals surface area contributed by atoms with Crippen LogP contribution in [0.2, 0.25) is 0 Å². The zero-order valence-electron chi connectivity index (χ0n) is 20.6. The first-order chi connectivity index (χ1) is 17.5. The summed E-state index contributed by atoms with van der Waals surface area (Å²) in [5, 5.41) is 15.9. The molecule has 1 atom stereocenters. The summed E-state index contributed by atoms with van der Waals surface area (Å²) in [6, 6.07) is 16.6. The summed E-state index contributed by atoms with van der Waals surface area (Å²) in [5.41, 5.74) is 3.92. The van der Waals surface area contributed by atoms with Crippen LogP contribution in [0.5, 0.6) is 0 Å². The summed E-state index contributed by atoms with van der Waals surface area (Å²) in [6.07, 6.45) is 1.55. The maximum atomic E-state index is 13.4. The third kappa shape index (κ3) is 4.45. The Bertz CT molecular complexity index is 1290. The SMILES string of the molecule is Cc1ccc([C@H]2/C(=C(\O)c3cnn(-c4ccccc4)c3C)C(=O)C(=O)N2CCN2CCOCC2)cc1. The second-order valence-corrected chi connectivity index (χ2v) is 9.25. The Morgan fingerprint density at radius 3 is 2.39 bits per heavy atom. The minimum atomic E-state index is -0.675. The number of aromatic nitrogens is 2. The first kappa shape index (κ1) is 24.0. The molecule has 2 saturated heterocycles. The highest BCUT2D eigenvalue weighted by Gasteiger charge is 2.46. The topological polar surface area (TPSA) is 87.9 Å². The van der Waals surface area contributed by atoms with Gasteiger partial charge in [0.15, 0.2) is 0 Å². The average Bonchev–Trinajstić information content (AvgIpc) is 3.41. The summed E-state index contributed by atoms with van der Waals surface area (Å²) in [7, 11) is 0. The number of Topliss-reactive ketones (excluding diaryl/α,β-unsaturated/α-hetero) is 1. The molecule has 0 saturated carbocycles. The Morgan fingerprint density at radius 2 is 1.69 bits per heavy atom. The largest absolute Gasteiger partial charge is 0.507 e. The lowest BCUT2D eigenvalue weighted by atomic mass is 9.95.